The van der Waals surface area contributed by atoms with E-state index >= 15 is 0 Å². The van der Waals surface area contributed by atoms with Crippen molar-refractivity contribution < 1.29 is 24.3 Å². The Morgan fingerprint density at radius 3 is 2.67 bits per heavy atom. The Morgan fingerprint density at radius 1 is 1.43 bits per heavy atom. The third kappa shape index (κ3) is 5.05. The monoisotopic (exact) mass is 299 g/mol. The molecule has 1 saturated heterocycles. The highest BCUT2D eigenvalue weighted by Crippen LogP contribution is 2.11. The lowest BCUT2D eigenvalue weighted by atomic mass is 10.0. The van der Waals surface area contributed by atoms with Crippen LogP contribution in [0.1, 0.15) is 39.0 Å². The molecule has 1 aliphatic rings. The lowest BCUT2D eigenvalue weighted by Gasteiger charge is -2.28. The minimum atomic E-state index is -0.993. The van der Waals surface area contributed by atoms with Crippen LogP contribution in [0.2, 0.25) is 0 Å². The van der Waals surface area contributed by atoms with Gasteiger partial charge in [-0.25, -0.2) is 4.79 Å². The zero-order chi connectivity index (χ0) is 16.0. The predicted molar refractivity (Wildman–Crippen MR) is 73.4 cm³/mol. The first-order valence-corrected chi connectivity index (χ1v) is 6.94. The van der Waals surface area contributed by atoms with Crippen molar-refractivity contribution in [3.63, 3.8) is 0 Å². The summed E-state index contributed by atoms with van der Waals surface area (Å²) in [7, 11) is 1.38. The fourth-order valence-electron chi connectivity index (χ4n) is 2.22. The molecular weight excluding hydrogens is 278 g/mol. The normalized spacial score (nSPS) is 20.1. The van der Waals surface area contributed by atoms with Crippen molar-refractivity contribution in [2.75, 3.05) is 7.05 Å². The van der Waals surface area contributed by atoms with E-state index in [0.29, 0.717) is 6.42 Å². The van der Waals surface area contributed by atoms with Crippen LogP contribution in [0.5, 0.6) is 0 Å². The molecule has 8 nitrogen and oxygen atoms in total. The Morgan fingerprint density at radius 2 is 2.10 bits per heavy atom. The number of carboxylic acid groups (broad SMARTS) is 1. The van der Waals surface area contributed by atoms with Gasteiger partial charge >= 0.3 is 12.0 Å². The summed E-state index contributed by atoms with van der Waals surface area (Å²) in [6.07, 6.45) is 1.56. The molecule has 2 atom stereocenters. The van der Waals surface area contributed by atoms with Gasteiger partial charge in [-0.3, -0.25) is 19.3 Å². The second-order valence-corrected chi connectivity index (χ2v) is 5.08. The van der Waals surface area contributed by atoms with Gasteiger partial charge in [0, 0.05) is 19.5 Å². The van der Waals surface area contributed by atoms with Crippen molar-refractivity contribution >= 4 is 23.8 Å². The van der Waals surface area contributed by atoms with Crippen molar-refractivity contribution in [3.8, 4) is 0 Å². The smallest absolute Gasteiger partial charge is 0.315 e. The first kappa shape index (κ1) is 16.9. The molecule has 1 aliphatic heterocycles. The molecule has 118 valence electrons. The van der Waals surface area contributed by atoms with E-state index in [9.17, 15) is 19.2 Å². The first-order chi connectivity index (χ1) is 9.85. The van der Waals surface area contributed by atoms with E-state index in [1.54, 1.807) is 0 Å². The number of rotatable bonds is 6. The number of carbonyl (C=O) groups is 4. The van der Waals surface area contributed by atoms with E-state index in [1.165, 1.54) is 7.05 Å². The van der Waals surface area contributed by atoms with Gasteiger partial charge in [0.2, 0.25) is 5.91 Å². The number of piperidine rings is 1. The quantitative estimate of drug-likeness (QED) is 0.600. The van der Waals surface area contributed by atoms with E-state index in [1.807, 2.05) is 6.92 Å². The van der Waals surface area contributed by atoms with Crippen LogP contribution in [-0.2, 0) is 14.4 Å². The third-order valence-electron chi connectivity index (χ3n) is 3.35. The highest BCUT2D eigenvalue weighted by Gasteiger charge is 2.33. The lowest BCUT2D eigenvalue weighted by Crippen LogP contribution is -2.56. The zero-order valence-corrected chi connectivity index (χ0v) is 12.2. The number of nitrogens with one attached hydrogen (secondary N) is 2. The fraction of sp³-hybridized carbons (Fsp3) is 0.692. The van der Waals surface area contributed by atoms with Gasteiger partial charge in [0.05, 0.1) is 6.42 Å². The van der Waals surface area contributed by atoms with Crippen LogP contribution >= 0.6 is 0 Å². The number of aliphatic carboxylic acids is 1. The Bertz CT molecular complexity index is 438. The molecule has 0 aromatic carbocycles. The Balaban J connectivity index is 2.53. The largest absolute Gasteiger partial charge is 0.481 e. The molecule has 1 heterocycles. The molecule has 0 aromatic rings. The van der Waals surface area contributed by atoms with Crippen LogP contribution in [0, 0.1) is 0 Å². The van der Waals surface area contributed by atoms with Crippen LogP contribution < -0.4 is 10.6 Å². The maximum Gasteiger partial charge on any atom is 0.315 e. The minimum absolute atomic E-state index is 0.168. The molecule has 21 heavy (non-hydrogen) atoms. The van der Waals surface area contributed by atoms with Crippen molar-refractivity contribution in [2.45, 2.75) is 51.1 Å². The SMILES string of the molecule is CCCC(CC(=O)O)NC(=O)NC1CCC(=O)N(C)C1=O. The van der Waals surface area contributed by atoms with Gasteiger partial charge in [0.1, 0.15) is 6.04 Å². The summed E-state index contributed by atoms with van der Waals surface area (Å²) in [6.45, 7) is 1.89. The van der Waals surface area contributed by atoms with E-state index in [-0.39, 0.29) is 25.2 Å². The molecule has 0 aliphatic carbocycles. The minimum Gasteiger partial charge on any atom is -0.481 e. The standard InChI is InChI=1S/C13H21N3O5/c1-3-4-8(7-11(18)19)14-13(21)15-9-5-6-10(17)16(2)12(9)20/h8-9H,3-7H2,1-2H3,(H,18,19)(H2,14,15,21). The van der Waals surface area contributed by atoms with E-state index < -0.39 is 30.0 Å². The van der Waals surface area contributed by atoms with Gasteiger partial charge in [-0.1, -0.05) is 13.3 Å². The molecule has 1 fully saturated rings. The molecule has 0 saturated carbocycles. The molecule has 4 amide bonds. The number of carboxylic acids is 1. The van der Waals surface area contributed by atoms with E-state index in [0.717, 1.165) is 11.3 Å². The van der Waals surface area contributed by atoms with E-state index in [4.69, 9.17) is 5.11 Å². The third-order valence-corrected chi connectivity index (χ3v) is 3.35. The van der Waals surface area contributed by atoms with Crippen molar-refractivity contribution in [2.24, 2.45) is 0 Å². The number of amides is 4. The van der Waals surface area contributed by atoms with E-state index in [2.05, 4.69) is 10.6 Å². The highest BCUT2D eigenvalue weighted by atomic mass is 16.4. The van der Waals surface area contributed by atoms with Crippen LogP contribution in [0.15, 0.2) is 0 Å². The van der Waals surface area contributed by atoms with Crippen LogP contribution in [0.4, 0.5) is 4.79 Å². The summed E-state index contributed by atoms with van der Waals surface area (Å²) < 4.78 is 0. The molecule has 0 bridgehead atoms. The van der Waals surface area contributed by atoms with Crippen molar-refractivity contribution in [1.82, 2.24) is 15.5 Å². The summed E-state index contributed by atoms with van der Waals surface area (Å²) in [5.74, 6) is -1.72. The number of urea groups is 1. The highest BCUT2D eigenvalue weighted by molar-refractivity contribution is 6.01. The lowest BCUT2D eigenvalue weighted by molar-refractivity contribution is -0.148. The first-order valence-electron chi connectivity index (χ1n) is 6.94. The predicted octanol–water partition coefficient (Wildman–Crippen LogP) is 0.0764. The van der Waals surface area contributed by atoms with Gasteiger partial charge in [0.25, 0.3) is 5.91 Å². The molecule has 0 aromatic heterocycles. The fourth-order valence-corrected chi connectivity index (χ4v) is 2.22. The molecule has 3 N–H and O–H groups in total. The number of nitrogens with zero attached hydrogens (tertiary/aromatic N) is 1. The summed E-state index contributed by atoms with van der Waals surface area (Å²) >= 11 is 0. The van der Waals surface area contributed by atoms with Crippen LogP contribution in [-0.4, -0.2) is 53.0 Å². The summed E-state index contributed by atoms with van der Waals surface area (Å²) in [6, 6.07) is -1.82. The Kier molecular flexibility index (Phi) is 6.13. The zero-order valence-electron chi connectivity index (χ0n) is 12.2. The Labute approximate surface area is 122 Å². The van der Waals surface area contributed by atoms with Crippen LogP contribution in [0.3, 0.4) is 0 Å². The number of likely N-dealkylation sites (N-methyl/N-ethyl adjacent to an activating group) is 1. The van der Waals surface area contributed by atoms with Gasteiger partial charge in [-0.05, 0) is 12.8 Å². The number of hydrogen-bond donors (Lipinski definition) is 3. The van der Waals surface area contributed by atoms with Crippen LogP contribution in [0.25, 0.3) is 0 Å². The van der Waals surface area contributed by atoms with Gasteiger partial charge < -0.3 is 15.7 Å². The second kappa shape index (κ2) is 7.61. The number of hydrogen-bond acceptors (Lipinski definition) is 4. The van der Waals surface area contributed by atoms with Crippen molar-refractivity contribution in [1.29, 1.82) is 0 Å². The number of imide groups is 1. The molecule has 0 radical (unpaired) electrons. The van der Waals surface area contributed by atoms with Gasteiger partial charge in [-0.15, -0.1) is 0 Å². The molecule has 1 rings (SSSR count). The maximum atomic E-state index is 11.8. The molecule has 0 spiro atoms. The topological polar surface area (TPSA) is 116 Å². The Hall–Kier alpha value is -2.12. The number of carbonyl (C=O) groups excluding carboxylic acids is 3. The van der Waals surface area contributed by atoms with Gasteiger partial charge in [0.15, 0.2) is 0 Å². The van der Waals surface area contributed by atoms with Gasteiger partial charge in [-0.2, -0.15) is 0 Å². The summed E-state index contributed by atoms with van der Waals surface area (Å²) in [5, 5.41) is 13.8. The molecular formula is C13H21N3O5. The maximum absolute atomic E-state index is 11.8. The summed E-state index contributed by atoms with van der Waals surface area (Å²) in [5.41, 5.74) is 0. The second-order valence-electron chi connectivity index (χ2n) is 5.08. The average Bonchev–Trinajstić information content (AvgIpc) is 2.39. The molecule has 2 unspecified atom stereocenters. The van der Waals surface area contributed by atoms with Crippen molar-refractivity contribution in [3.05, 3.63) is 0 Å². The molecule has 8 heteroatoms. The average molecular weight is 299 g/mol. The number of likely N-dealkylation sites (tertiary alicyclic amines) is 1. The summed E-state index contributed by atoms with van der Waals surface area (Å²) in [4.78, 5) is 46.7.